The summed E-state index contributed by atoms with van der Waals surface area (Å²) in [5.41, 5.74) is 4.54. The first-order chi connectivity index (χ1) is 11.7. The molecule has 3 aromatic carbocycles. The number of methoxy groups -OCH3 is 1. The molecule has 120 valence electrons. The van der Waals surface area contributed by atoms with Gasteiger partial charge in [-0.15, -0.1) is 0 Å². The van der Waals surface area contributed by atoms with Crippen LogP contribution in [0.2, 0.25) is 0 Å². The van der Waals surface area contributed by atoms with E-state index in [4.69, 9.17) is 9.47 Å². The molecule has 0 aromatic heterocycles. The molecule has 0 saturated carbocycles. The molecule has 24 heavy (non-hydrogen) atoms. The van der Waals surface area contributed by atoms with Crippen molar-refractivity contribution >= 4 is 32.5 Å². The largest absolute Gasteiger partial charge is 0.497 e. The van der Waals surface area contributed by atoms with Gasteiger partial charge in [0.05, 0.1) is 13.7 Å². The van der Waals surface area contributed by atoms with E-state index >= 15 is 0 Å². The summed E-state index contributed by atoms with van der Waals surface area (Å²) in [7, 11) is 1.65. The molecule has 0 aliphatic carbocycles. The number of fused-ring (bicyclic) bond motifs is 2. The number of halogens is 1. The van der Waals surface area contributed by atoms with Crippen LogP contribution >= 0.6 is 15.9 Å². The quantitative estimate of drug-likeness (QED) is 0.532. The lowest BCUT2D eigenvalue weighted by Crippen LogP contribution is -1.91. The maximum atomic E-state index is 5.92. The van der Waals surface area contributed by atoms with Gasteiger partial charge in [0, 0.05) is 22.0 Å². The molecule has 0 unspecified atom stereocenters. The van der Waals surface area contributed by atoms with Gasteiger partial charge in [-0.3, -0.25) is 0 Å². The zero-order valence-corrected chi connectivity index (χ0v) is 15.0. The van der Waals surface area contributed by atoms with E-state index in [0.29, 0.717) is 5.76 Å². The van der Waals surface area contributed by atoms with E-state index in [1.54, 1.807) is 7.11 Å². The van der Waals surface area contributed by atoms with Crippen LogP contribution in [0.1, 0.15) is 11.1 Å². The van der Waals surface area contributed by atoms with Crippen molar-refractivity contribution in [2.75, 3.05) is 13.7 Å². The van der Waals surface area contributed by atoms with E-state index in [1.165, 1.54) is 16.3 Å². The maximum Gasteiger partial charge on any atom is 0.130 e. The minimum atomic E-state index is 0.669. The van der Waals surface area contributed by atoms with Gasteiger partial charge in [-0.25, -0.2) is 0 Å². The molecule has 0 atom stereocenters. The number of hydrogen-bond acceptors (Lipinski definition) is 2. The molecule has 0 spiro atoms. The third kappa shape index (κ3) is 2.49. The molecule has 1 aliphatic rings. The second kappa shape index (κ2) is 5.99. The highest BCUT2D eigenvalue weighted by molar-refractivity contribution is 9.10. The Morgan fingerprint density at radius 3 is 2.83 bits per heavy atom. The van der Waals surface area contributed by atoms with Gasteiger partial charge in [0.25, 0.3) is 0 Å². The van der Waals surface area contributed by atoms with Crippen molar-refractivity contribution in [3.05, 3.63) is 70.7 Å². The summed E-state index contributed by atoms with van der Waals surface area (Å²) >= 11 is 3.64. The third-order valence-corrected chi connectivity index (χ3v) is 4.95. The lowest BCUT2D eigenvalue weighted by atomic mass is 9.94. The summed E-state index contributed by atoms with van der Waals surface area (Å²) in [5, 5.41) is 2.36. The summed E-state index contributed by atoms with van der Waals surface area (Å²) < 4.78 is 12.3. The van der Waals surface area contributed by atoms with Gasteiger partial charge in [-0.2, -0.15) is 0 Å². The van der Waals surface area contributed by atoms with Crippen LogP contribution in [0.4, 0.5) is 0 Å². The Kier molecular flexibility index (Phi) is 3.81. The number of benzene rings is 3. The summed E-state index contributed by atoms with van der Waals surface area (Å²) in [6.07, 6.45) is 0.957. The highest BCUT2D eigenvalue weighted by atomic mass is 79.9. The smallest absolute Gasteiger partial charge is 0.130 e. The molecule has 0 bridgehead atoms. The fraction of sp³-hybridized carbons (Fsp3) is 0.143. The van der Waals surface area contributed by atoms with Crippen LogP contribution in [-0.4, -0.2) is 13.7 Å². The van der Waals surface area contributed by atoms with Crippen molar-refractivity contribution in [3.63, 3.8) is 0 Å². The van der Waals surface area contributed by atoms with Gasteiger partial charge in [-0.05, 0) is 40.1 Å². The molecule has 3 aromatic rings. The molecular weight excluding hydrogens is 364 g/mol. The van der Waals surface area contributed by atoms with Gasteiger partial charge in [-0.1, -0.05) is 52.8 Å². The number of hydrogen-bond donors (Lipinski definition) is 0. The molecule has 0 amide bonds. The van der Waals surface area contributed by atoms with Crippen LogP contribution in [0.25, 0.3) is 27.7 Å². The van der Waals surface area contributed by atoms with Crippen molar-refractivity contribution in [1.29, 1.82) is 0 Å². The van der Waals surface area contributed by atoms with E-state index < -0.39 is 0 Å². The first-order valence-corrected chi connectivity index (χ1v) is 8.68. The van der Waals surface area contributed by atoms with Gasteiger partial charge < -0.3 is 9.47 Å². The Hall–Kier alpha value is -2.26. The van der Waals surface area contributed by atoms with E-state index in [2.05, 4.69) is 65.0 Å². The summed E-state index contributed by atoms with van der Waals surface area (Å²) in [6, 6.07) is 16.9. The molecule has 4 rings (SSSR count). The topological polar surface area (TPSA) is 18.5 Å². The van der Waals surface area contributed by atoms with Crippen molar-refractivity contribution in [2.24, 2.45) is 0 Å². The monoisotopic (exact) mass is 380 g/mol. The van der Waals surface area contributed by atoms with Crippen LogP contribution < -0.4 is 4.74 Å². The normalized spacial score (nSPS) is 12.8. The van der Waals surface area contributed by atoms with Crippen molar-refractivity contribution < 1.29 is 9.47 Å². The molecular formula is C21H17BrO2. The van der Waals surface area contributed by atoms with Gasteiger partial charge >= 0.3 is 0 Å². The first-order valence-electron chi connectivity index (χ1n) is 7.89. The molecule has 2 nitrogen and oxygen atoms in total. The Balaban J connectivity index is 1.99. The van der Waals surface area contributed by atoms with Crippen LogP contribution in [0, 0.1) is 0 Å². The summed E-state index contributed by atoms with van der Waals surface area (Å²) in [6.45, 7) is 4.72. The molecule has 0 saturated heterocycles. The van der Waals surface area contributed by atoms with Crippen LogP contribution in [0.5, 0.6) is 5.75 Å². The zero-order chi connectivity index (χ0) is 16.7. The lowest BCUT2D eigenvalue weighted by molar-refractivity contribution is 0.358. The van der Waals surface area contributed by atoms with Crippen molar-refractivity contribution in [2.45, 2.75) is 6.42 Å². The van der Waals surface area contributed by atoms with E-state index in [0.717, 1.165) is 39.9 Å². The highest BCUT2D eigenvalue weighted by Crippen LogP contribution is 2.42. The Morgan fingerprint density at radius 1 is 1.12 bits per heavy atom. The SMILES string of the molecule is C=C(OC)c1ccc2cccc(-c3cc(Br)cc4c3OCC4)c2c1. The predicted octanol–water partition coefficient (Wildman–Crippen LogP) is 5.82. The van der Waals surface area contributed by atoms with Gasteiger partial charge in [0.2, 0.25) is 0 Å². The van der Waals surface area contributed by atoms with E-state index in [-0.39, 0.29) is 0 Å². The van der Waals surface area contributed by atoms with Crippen molar-refractivity contribution in [3.8, 4) is 16.9 Å². The van der Waals surface area contributed by atoms with Crippen LogP contribution in [0.3, 0.4) is 0 Å². The molecule has 0 radical (unpaired) electrons. The first kappa shape index (κ1) is 15.3. The molecule has 0 N–H and O–H groups in total. The van der Waals surface area contributed by atoms with Crippen LogP contribution in [0.15, 0.2) is 59.6 Å². The number of rotatable bonds is 3. The summed E-state index contributed by atoms with van der Waals surface area (Å²) in [5.74, 6) is 1.67. The Bertz CT molecular complexity index is 959. The Labute approximate surface area is 149 Å². The van der Waals surface area contributed by atoms with E-state index in [1.807, 2.05) is 6.07 Å². The second-order valence-electron chi connectivity index (χ2n) is 5.91. The summed E-state index contributed by atoms with van der Waals surface area (Å²) in [4.78, 5) is 0. The number of ether oxygens (including phenoxy) is 2. The minimum absolute atomic E-state index is 0.669. The standard InChI is InChI=1S/C21H17BrO2/c1-13(23-2)15-7-6-14-4-3-5-18(19(14)11-15)20-12-17(22)10-16-8-9-24-21(16)20/h3-7,10-12H,1,8-9H2,2H3. The fourth-order valence-electron chi connectivity index (χ4n) is 3.27. The minimum Gasteiger partial charge on any atom is -0.497 e. The fourth-order valence-corrected chi connectivity index (χ4v) is 3.77. The Morgan fingerprint density at radius 2 is 2.00 bits per heavy atom. The second-order valence-corrected chi connectivity index (χ2v) is 6.82. The predicted molar refractivity (Wildman–Crippen MR) is 102 cm³/mol. The van der Waals surface area contributed by atoms with Crippen molar-refractivity contribution in [1.82, 2.24) is 0 Å². The van der Waals surface area contributed by atoms with E-state index in [9.17, 15) is 0 Å². The molecule has 1 aliphatic heterocycles. The lowest BCUT2D eigenvalue weighted by Gasteiger charge is -2.13. The average Bonchev–Trinajstić information content (AvgIpc) is 3.07. The molecule has 0 fully saturated rings. The van der Waals surface area contributed by atoms with Gasteiger partial charge in [0.1, 0.15) is 11.5 Å². The molecule has 1 heterocycles. The molecule has 3 heteroatoms. The highest BCUT2D eigenvalue weighted by Gasteiger charge is 2.20. The zero-order valence-electron chi connectivity index (χ0n) is 13.4. The van der Waals surface area contributed by atoms with Crippen LogP contribution in [-0.2, 0) is 11.2 Å². The van der Waals surface area contributed by atoms with Gasteiger partial charge in [0.15, 0.2) is 0 Å². The third-order valence-electron chi connectivity index (χ3n) is 4.49. The average molecular weight is 381 g/mol. The maximum absolute atomic E-state index is 5.92.